The summed E-state index contributed by atoms with van der Waals surface area (Å²) in [5.74, 6) is -1.71. The number of nitrogens with one attached hydrogen (secondary N) is 1. The van der Waals surface area contributed by atoms with Gasteiger partial charge in [0.15, 0.2) is 6.61 Å². The maximum absolute atomic E-state index is 12.7. The number of nitrogens with zero attached hydrogens (tertiary/aromatic N) is 2. The highest BCUT2D eigenvalue weighted by molar-refractivity contribution is 6.14. The zero-order valence-corrected chi connectivity index (χ0v) is 14.0. The number of anilines is 2. The fourth-order valence-electron chi connectivity index (χ4n) is 2.62. The lowest BCUT2D eigenvalue weighted by Crippen LogP contribution is -2.59. The van der Waals surface area contributed by atoms with Gasteiger partial charge in [-0.3, -0.25) is 14.5 Å². The minimum Gasteiger partial charge on any atom is -0.450 e. The Bertz CT molecular complexity index is 855. The third-order valence-electron chi connectivity index (χ3n) is 3.91. The molecule has 2 amide bonds. The van der Waals surface area contributed by atoms with Crippen LogP contribution < -0.4 is 10.2 Å². The van der Waals surface area contributed by atoms with Crippen LogP contribution in [0.4, 0.5) is 11.4 Å². The first-order valence-corrected chi connectivity index (χ1v) is 7.64. The normalized spacial score (nSPS) is 15.3. The number of amides is 2. The SMILES string of the molecule is Cc1cc(C(=O)OCC(=O)N2c3ccccc3NC(=O)C2(C)C)on1. The van der Waals surface area contributed by atoms with Gasteiger partial charge >= 0.3 is 5.97 Å². The minimum absolute atomic E-state index is 0.0821. The number of hydrogen-bond acceptors (Lipinski definition) is 6. The van der Waals surface area contributed by atoms with Crippen molar-refractivity contribution in [2.75, 3.05) is 16.8 Å². The highest BCUT2D eigenvalue weighted by Crippen LogP contribution is 2.36. The summed E-state index contributed by atoms with van der Waals surface area (Å²) in [5.41, 5.74) is 0.475. The maximum Gasteiger partial charge on any atom is 0.377 e. The molecule has 0 saturated carbocycles. The van der Waals surface area contributed by atoms with Crippen molar-refractivity contribution in [3.8, 4) is 0 Å². The number of aryl methyl sites for hydroxylation is 1. The molecule has 2 aromatic rings. The molecule has 0 fully saturated rings. The third-order valence-corrected chi connectivity index (χ3v) is 3.91. The first-order chi connectivity index (χ1) is 11.8. The lowest BCUT2D eigenvalue weighted by molar-refractivity contribution is -0.128. The number of carbonyl (C=O) groups is 3. The van der Waals surface area contributed by atoms with E-state index >= 15 is 0 Å². The Labute approximate surface area is 143 Å². The van der Waals surface area contributed by atoms with Crippen LogP contribution in [0.2, 0.25) is 0 Å². The number of aromatic nitrogens is 1. The van der Waals surface area contributed by atoms with Crippen molar-refractivity contribution < 1.29 is 23.6 Å². The van der Waals surface area contributed by atoms with Crippen LogP contribution in [-0.2, 0) is 14.3 Å². The molecule has 1 aliphatic rings. The van der Waals surface area contributed by atoms with Gasteiger partial charge in [-0.25, -0.2) is 4.79 Å². The van der Waals surface area contributed by atoms with E-state index in [1.54, 1.807) is 45.0 Å². The Hall–Kier alpha value is -3.16. The van der Waals surface area contributed by atoms with E-state index < -0.39 is 24.0 Å². The molecule has 2 heterocycles. The van der Waals surface area contributed by atoms with Crippen molar-refractivity contribution in [2.24, 2.45) is 0 Å². The van der Waals surface area contributed by atoms with Gasteiger partial charge in [0.05, 0.1) is 17.1 Å². The van der Waals surface area contributed by atoms with E-state index in [1.807, 2.05) is 0 Å². The monoisotopic (exact) mass is 343 g/mol. The highest BCUT2D eigenvalue weighted by Gasteiger charge is 2.43. The van der Waals surface area contributed by atoms with Gasteiger partial charge in [0, 0.05) is 6.07 Å². The summed E-state index contributed by atoms with van der Waals surface area (Å²) >= 11 is 0. The molecule has 1 aromatic heterocycles. The largest absolute Gasteiger partial charge is 0.450 e. The minimum atomic E-state index is -1.12. The smallest absolute Gasteiger partial charge is 0.377 e. The molecule has 0 unspecified atom stereocenters. The lowest BCUT2D eigenvalue weighted by atomic mass is 9.96. The number of carbonyl (C=O) groups excluding carboxylic acids is 3. The van der Waals surface area contributed by atoms with E-state index in [0.29, 0.717) is 17.1 Å². The summed E-state index contributed by atoms with van der Waals surface area (Å²) < 4.78 is 9.81. The fraction of sp³-hybridized carbons (Fsp3) is 0.294. The molecule has 0 bridgehead atoms. The van der Waals surface area contributed by atoms with E-state index in [0.717, 1.165) is 0 Å². The number of rotatable bonds is 3. The molecule has 8 heteroatoms. The summed E-state index contributed by atoms with van der Waals surface area (Å²) in [6.07, 6.45) is 0. The Kier molecular flexibility index (Phi) is 4.03. The van der Waals surface area contributed by atoms with E-state index in [9.17, 15) is 14.4 Å². The van der Waals surface area contributed by atoms with E-state index in [4.69, 9.17) is 9.26 Å². The van der Waals surface area contributed by atoms with Crippen LogP contribution in [-0.4, -0.2) is 35.1 Å². The van der Waals surface area contributed by atoms with Crippen LogP contribution >= 0.6 is 0 Å². The van der Waals surface area contributed by atoms with Crippen molar-refractivity contribution >= 4 is 29.2 Å². The van der Waals surface area contributed by atoms with Crippen LogP contribution in [0.25, 0.3) is 0 Å². The van der Waals surface area contributed by atoms with Gasteiger partial charge in [-0.15, -0.1) is 0 Å². The predicted molar refractivity (Wildman–Crippen MR) is 88.2 cm³/mol. The number of para-hydroxylation sites is 2. The second kappa shape index (κ2) is 6.04. The summed E-state index contributed by atoms with van der Waals surface area (Å²) in [6.45, 7) is 4.39. The molecule has 1 aromatic carbocycles. The average Bonchev–Trinajstić information content (AvgIpc) is 3.00. The first-order valence-electron chi connectivity index (χ1n) is 7.64. The van der Waals surface area contributed by atoms with Crippen LogP contribution in [0, 0.1) is 6.92 Å². The lowest BCUT2D eigenvalue weighted by Gasteiger charge is -2.41. The molecule has 3 rings (SSSR count). The summed E-state index contributed by atoms with van der Waals surface area (Å²) in [6, 6.07) is 8.35. The topological polar surface area (TPSA) is 102 Å². The Morgan fingerprint density at radius 2 is 2.04 bits per heavy atom. The van der Waals surface area contributed by atoms with Gasteiger partial charge in [-0.2, -0.15) is 0 Å². The number of benzene rings is 1. The van der Waals surface area contributed by atoms with Gasteiger partial charge in [-0.05, 0) is 32.9 Å². The van der Waals surface area contributed by atoms with Crippen molar-refractivity contribution in [2.45, 2.75) is 26.3 Å². The molecule has 1 aliphatic heterocycles. The van der Waals surface area contributed by atoms with Crippen molar-refractivity contribution in [1.29, 1.82) is 0 Å². The standard InChI is InChI=1S/C17H17N3O5/c1-10-8-13(25-19-10)15(22)24-9-14(21)20-12-7-5-4-6-11(12)18-16(23)17(20,2)3/h4-8H,9H2,1-3H3,(H,18,23). The molecule has 25 heavy (non-hydrogen) atoms. The van der Waals surface area contributed by atoms with Gasteiger partial charge in [0.25, 0.3) is 5.91 Å². The fourth-order valence-corrected chi connectivity index (χ4v) is 2.62. The first kappa shape index (κ1) is 16.7. The zero-order valence-electron chi connectivity index (χ0n) is 14.0. The van der Waals surface area contributed by atoms with Crippen molar-refractivity contribution in [3.63, 3.8) is 0 Å². The molecule has 0 aliphatic carbocycles. The molecular formula is C17H17N3O5. The number of esters is 1. The Morgan fingerprint density at radius 3 is 2.72 bits per heavy atom. The molecule has 0 atom stereocenters. The molecule has 0 saturated heterocycles. The van der Waals surface area contributed by atoms with Gasteiger partial charge in [0.1, 0.15) is 5.54 Å². The average molecular weight is 343 g/mol. The number of fused-ring (bicyclic) bond motifs is 1. The van der Waals surface area contributed by atoms with Gasteiger partial charge < -0.3 is 14.6 Å². The van der Waals surface area contributed by atoms with E-state index in [2.05, 4.69) is 10.5 Å². The molecular weight excluding hydrogens is 326 g/mol. The van der Waals surface area contributed by atoms with Crippen LogP contribution in [0.1, 0.15) is 30.1 Å². The van der Waals surface area contributed by atoms with Gasteiger partial charge in [0.2, 0.25) is 11.7 Å². The summed E-state index contributed by atoms with van der Waals surface area (Å²) in [4.78, 5) is 38.2. The summed E-state index contributed by atoms with van der Waals surface area (Å²) in [5, 5.41) is 6.36. The predicted octanol–water partition coefficient (Wildman–Crippen LogP) is 1.90. The highest BCUT2D eigenvalue weighted by atomic mass is 16.6. The third kappa shape index (κ3) is 2.98. The second-order valence-corrected chi connectivity index (χ2v) is 6.17. The quantitative estimate of drug-likeness (QED) is 0.854. The number of hydrogen-bond donors (Lipinski definition) is 1. The molecule has 0 spiro atoms. The van der Waals surface area contributed by atoms with Crippen molar-refractivity contribution in [3.05, 3.63) is 41.8 Å². The number of ether oxygens (including phenoxy) is 1. The molecule has 0 radical (unpaired) electrons. The molecule has 130 valence electrons. The molecule has 1 N–H and O–H groups in total. The van der Waals surface area contributed by atoms with Crippen LogP contribution in [0.5, 0.6) is 0 Å². The maximum atomic E-state index is 12.7. The van der Waals surface area contributed by atoms with Crippen molar-refractivity contribution in [1.82, 2.24) is 5.16 Å². The van der Waals surface area contributed by atoms with Gasteiger partial charge in [-0.1, -0.05) is 17.3 Å². The van der Waals surface area contributed by atoms with Crippen LogP contribution in [0.3, 0.4) is 0 Å². The van der Waals surface area contributed by atoms with E-state index in [1.165, 1.54) is 11.0 Å². The zero-order chi connectivity index (χ0) is 18.2. The summed E-state index contributed by atoms with van der Waals surface area (Å²) in [7, 11) is 0. The van der Waals surface area contributed by atoms with Crippen LogP contribution in [0.15, 0.2) is 34.9 Å². The Balaban J connectivity index is 1.80. The Morgan fingerprint density at radius 1 is 1.32 bits per heavy atom. The second-order valence-electron chi connectivity index (χ2n) is 6.17. The molecule has 8 nitrogen and oxygen atoms in total. The van der Waals surface area contributed by atoms with E-state index in [-0.39, 0.29) is 11.7 Å².